The number of halogens is 2. The summed E-state index contributed by atoms with van der Waals surface area (Å²) in [6, 6.07) is 1.54. The maximum Gasteiger partial charge on any atom is 0.291 e. The Bertz CT molecular complexity index is 610. The second-order valence-corrected chi connectivity index (χ2v) is 6.02. The van der Waals surface area contributed by atoms with Gasteiger partial charge in [0.2, 0.25) is 11.7 Å². The lowest BCUT2D eigenvalue weighted by molar-refractivity contribution is -0.150. The summed E-state index contributed by atoms with van der Waals surface area (Å²) in [6.45, 7) is -0.287. The van der Waals surface area contributed by atoms with E-state index in [1.807, 2.05) is 0 Å². The Balaban J connectivity index is 1.90. The first kappa shape index (κ1) is 14.8. The van der Waals surface area contributed by atoms with E-state index in [2.05, 4.69) is 9.97 Å². The van der Waals surface area contributed by atoms with Crippen LogP contribution in [0.15, 0.2) is 18.5 Å². The van der Waals surface area contributed by atoms with E-state index in [9.17, 15) is 18.4 Å². The number of piperidine rings is 1. The van der Waals surface area contributed by atoms with Crippen LogP contribution in [-0.4, -0.2) is 64.2 Å². The molecule has 6 nitrogen and oxygen atoms in total. The fourth-order valence-electron chi connectivity index (χ4n) is 3.31. The summed E-state index contributed by atoms with van der Waals surface area (Å²) in [4.78, 5) is 34.7. The maximum atomic E-state index is 14.1. The van der Waals surface area contributed by atoms with Gasteiger partial charge in [0.15, 0.2) is 0 Å². The molecule has 0 bridgehead atoms. The molecule has 8 heteroatoms. The lowest BCUT2D eigenvalue weighted by atomic mass is 9.77. The molecular weight excluding hydrogens is 294 g/mol. The van der Waals surface area contributed by atoms with Crippen LogP contribution in [0.25, 0.3) is 0 Å². The largest absolute Gasteiger partial charge is 0.345 e. The van der Waals surface area contributed by atoms with E-state index >= 15 is 0 Å². The van der Waals surface area contributed by atoms with Crippen LogP contribution in [-0.2, 0) is 4.79 Å². The molecule has 1 atom stereocenters. The third-order valence-corrected chi connectivity index (χ3v) is 4.28. The Morgan fingerprint density at radius 3 is 2.55 bits per heavy atom. The zero-order chi connectivity index (χ0) is 16.0. The fourth-order valence-corrected chi connectivity index (χ4v) is 3.31. The van der Waals surface area contributed by atoms with Crippen molar-refractivity contribution >= 4 is 11.8 Å². The van der Waals surface area contributed by atoms with Gasteiger partial charge in [-0.05, 0) is 12.5 Å². The molecule has 0 saturated carbocycles. The summed E-state index contributed by atoms with van der Waals surface area (Å²) in [5.74, 6) is -4.21. The van der Waals surface area contributed by atoms with Gasteiger partial charge in [0.25, 0.3) is 11.8 Å². The van der Waals surface area contributed by atoms with Crippen molar-refractivity contribution in [3.05, 3.63) is 24.3 Å². The Morgan fingerprint density at radius 1 is 1.27 bits per heavy atom. The molecular formula is C14H16F2N4O2. The highest BCUT2D eigenvalue weighted by Gasteiger charge is 2.57. The molecule has 2 fully saturated rings. The van der Waals surface area contributed by atoms with Crippen molar-refractivity contribution in [1.82, 2.24) is 19.8 Å². The number of carbonyl (C=O) groups is 2. The Morgan fingerprint density at radius 2 is 1.95 bits per heavy atom. The van der Waals surface area contributed by atoms with Gasteiger partial charge in [0.1, 0.15) is 0 Å². The summed E-state index contributed by atoms with van der Waals surface area (Å²) in [5.41, 5.74) is -1.19. The number of carbonyl (C=O) groups excluding carboxylic acids is 2. The van der Waals surface area contributed by atoms with Crippen molar-refractivity contribution < 1.29 is 18.4 Å². The number of hydrogen-bond donors (Lipinski definition) is 0. The zero-order valence-corrected chi connectivity index (χ0v) is 12.1. The molecule has 22 heavy (non-hydrogen) atoms. The summed E-state index contributed by atoms with van der Waals surface area (Å²) in [6.07, 6.45) is 2.58. The van der Waals surface area contributed by atoms with Gasteiger partial charge in [-0.2, -0.15) is 0 Å². The number of aromatic nitrogens is 2. The lowest BCUT2D eigenvalue weighted by Gasteiger charge is -2.42. The highest BCUT2D eigenvalue weighted by atomic mass is 19.3. The number of likely N-dealkylation sites (tertiary alicyclic amines) is 2. The average molecular weight is 310 g/mol. The fraction of sp³-hybridized carbons (Fsp3) is 0.571. The number of rotatable bonds is 1. The van der Waals surface area contributed by atoms with Crippen LogP contribution in [0, 0.1) is 5.41 Å². The predicted octanol–water partition coefficient (Wildman–Crippen LogP) is 0.806. The number of nitrogens with zero attached hydrogens (tertiary/aromatic N) is 4. The van der Waals surface area contributed by atoms with Crippen molar-refractivity contribution in [1.29, 1.82) is 0 Å². The van der Waals surface area contributed by atoms with Gasteiger partial charge < -0.3 is 9.80 Å². The van der Waals surface area contributed by atoms with Crippen LogP contribution in [0.5, 0.6) is 0 Å². The second-order valence-electron chi connectivity index (χ2n) is 6.02. The Hall–Kier alpha value is -2.12. The highest BCUT2D eigenvalue weighted by molar-refractivity contribution is 5.92. The summed E-state index contributed by atoms with van der Waals surface area (Å²) < 4.78 is 28.2. The van der Waals surface area contributed by atoms with Gasteiger partial charge in [-0.15, -0.1) is 0 Å². The number of alkyl halides is 2. The topological polar surface area (TPSA) is 66.4 Å². The third-order valence-electron chi connectivity index (χ3n) is 4.28. The van der Waals surface area contributed by atoms with Crippen LogP contribution < -0.4 is 0 Å². The first-order valence-electron chi connectivity index (χ1n) is 7.03. The van der Waals surface area contributed by atoms with Gasteiger partial charge in [-0.3, -0.25) is 9.59 Å². The summed E-state index contributed by atoms with van der Waals surface area (Å²) >= 11 is 0. The van der Waals surface area contributed by atoms with E-state index < -0.39 is 30.2 Å². The predicted molar refractivity (Wildman–Crippen MR) is 72.2 cm³/mol. The minimum atomic E-state index is -3.09. The molecule has 1 aromatic heterocycles. The summed E-state index contributed by atoms with van der Waals surface area (Å²) in [7, 11) is 1.59. The van der Waals surface area contributed by atoms with E-state index in [4.69, 9.17) is 0 Å². The molecule has 1 aromatic rings. The van der Waals surface area contributed by atoms with Gasteiger partial charge in [-0.1, -0.05) is 0 Å². The van der Waals surface area contributed by atoms with Crippen LogP contribution in [0.1, 0.15) is 23.5 Å². The zero-order valence-electron chi connectivity index (χ0n) is 12.1. The molecule has 2 aliphatic heterocycles. The van der Waals surface area contributed by atoms with E-state index in [0.717, 1.165) is 4.90 Å². The van der Waals surface area contributed by atoms with Crippen molar-refractivity contribution in [3.63, 3.8) is 0 Å². The minimum absolute atomic E-state index is 0.0111. The van der Waals surface area contributed by atoms with Crippen LogP contribution in [0.4, 0.5) is 8.78 Å². The first-order chi connectivity index (χ1) is 10.3. The Kier molecular flexibility index (Phi) is 3.34. The molecule has 3 heterocycles. The molecule has 2 saturated heterocycles. The van der Waals surface area contributed by atoms with Gasteiger partial charge in [-0.25, -0.2) is 18.7 Å². The standard InChI is InChI=1S/C14H16F2N4O2/c1-19-6-3-13(12(19)22)7-14(15,16)9-20(8-13)11(21)10-17-4-2-5-18-10/h2,4-5H,3,6-9H2,1H3. The maximum absolute atomic E-state index is 14.1. The molecule has 3 rings (SSSR count). The molecule has 2 aliphatic rings. The average Bonchev–Trinajstić information content (AvgIpc) is 2.74. The van der Waals surface area contributed by atoms with E-state index in [0.29, 0.717) is 13.0 Å². The van der Waals surface area contributed by atoms with Crippen molar-refractivity contribution in [2.24, 2.45) is 5.41 Å². The van der Waals surface area contributed by atoms with Gasteiger partial charge >= 0.3 is 0 Å². The molecule has 0 N–H and O–H groups in total. The summed E-state index contributed by atoms with van der Waals surface area (Å²) in [5, 5.41) is 0. The monoisotopic (exact) mass is 310 g/mol. The van der Waals surface area contributed by atoms with Crippen molar-refractivity contribution in [2.75, 3.05) is 26.7 Å². The smallest absolute Gasteiger partial charge is 0.291 e. The normalized spacial score (nSPS) is 27.5. The first-order valence-corrected chi connectivity index (χ1v) is 7.03. The van der Waals surface area contributed by atoms with Crippen molar-refractivity contribution in [3.8, 4) is 0 Å². The number of hydrogen-bond acceptors (Lipinski definition) is 4. The molecule has 0 aliphatic carbocycles. The molecule has 1 unspecified atom stereocenters. The van der Waals surface area contributed by atoms with E-state index in [1.165, 1.54) is 17.3 Å². The molecule has 2 amide bonds. The molecule has 118 valence electrons. The van der Waals surface area contributed by atoms with E-state index in [-0.39, 0.29) is 18.3 Å². The van der Waals surface area contributed by atoms with Gasteiger partial charge in [0, 0.05) is 39.0 Å². The van der Waals surface area contributed by atoms with Crippen LogP contribution >= 0.6 is 0 Å². The molecule has 0 aromatic carbocycles. The van der Waals surface area contributed by atoms with Crippen molar-refractivity contribution in [2.45, 2.75) is 18.8 Å². The quantitative estimate of drug-likeness (QED) is 0.770. The Labute approximate surface area is 126 Å². The second kappa shape index (κ2) is 4.96. The van der Waals surface area contributed by atoms with Gasteiger partial charge in [0.05, 0.1) is 12.0 Å². The number of amides is 2. The van der Waals surface area contributed by atoms with E-state index in [1.54, 1.807) is 13.1 Å². The lowest BCUT2D eigenvalue weighted by Crippen LogP contribution is -2.57. The molecule has 0 radical (unpaired) electrons. The minimum Gasteiger partial charge on any atom is -0.345 e. The SMILES string of the molecule is CN1CCC2(CN(C(=O)c3ncccn3)CC(F)(F)C2)C1=O. The third kappa shape index (κ3) is 2.42. The van der Waals surface area contributed by atoms with Crippen LogP contribution in [0.2, 0.25) is 0 Å². The molecule has 1 spiro atoms. The van der Waals surface area contributed by atoms with Crippen LogP contribution in [0.3, 0.4) is 0 Å². The highest BCUT2D eigenvalue weighted by Crippen LogP contribution is 2.45.